The maximum absolute atomic E-state index is 13.0. The van der Waals surface area contributed by atoms with Crippen LogP contribution in [0.4, 0.5) is 0 Å². The Morgan fingerprint density at radius 2 is 1.47 bits per heavy atom. The molecule has 0 aromatic heterocycles. The third-order valence-electron chi connectivity index (χ3n) is 6.70. The molecule has 1 unspecified atom stereocenters. The van der Waals surface area contributed by atoms with Gasteiger partial charge >= 0.3 is 0 Å². The Bertz CT molecular complexity index is 1020. The van der Waals surface area contributed by atoms with Crippen LogP contribution in [0.1, 0.15) is 23.6 Å². The van der Waals surface area contributed by atoms with Gasteiger partial charge < -0.3 is 14.8 Å². The molecule has 4 rings (SSSR count). The molecule has 9 heteroatoms. The zero-order chi connectivity index (χ0) is 24.1. The summed E-state index contributed by atoms with van der Waals surface area (Å²) in [6, 6.07) is 15.2. The molecule has 0 saturated carbocycles. The van der Waals surface area contributed by atoms with Crippen molar-refractivity contribution in [3.8, 4) is 11.5 Å². The van der Waals surface area contributed by atoms with Gasteiger partial charge in [-0.1, -0.05) is 24.3 Å². The lowest BCUT2D eigenvalue weighted by atomic mass is 9.98. The van der Waals surface area contributed by atoms with Crippen molar-refractivity contribution < 1.29 is 22.7 Å². The number of amides is 1. The molecule has 0 aliphatic carbocycles. The molecule has 2 aliphatic rings. The van der Waals surface area contributed by atoms with Crippen molar-refractivity contribution in [1.82, 2.24) is 15.1 Å². The van der Waals surface area contributed by atoms with Crippen LogP contribution < -0.4 is 14.8 Å². The molecule has 1 atom stereocenters. The summed E-state index contributed by atoms with van der Waals surface area (Å²) in [6.07, 6.45) is 0.716. The summed E-state index contributed by atoms with van der Waals surface area (Å²) in [5.41, 5.74) is 1.93. The van der Waals surface area contributed by atoms with E-state index in [2.05, 4.69) is 15.1 Å². The Hall–Kier alpha value is -2.62. The summed E-state index contributed by atoms with van der Waals surface area (Å²) in [7, 11) is 0.369. The van der Waals surface area contributed by atoms with Crippen LogP contribution in [0.5, 0.6) is 11.5 Å². The minimum Gasteiger partial charge on any atom is -0.497 e. The number of piperazine rings is 1. The topological polar surface area (TPSA) is 88.2 Å². The van der Waals surface area contributed by atoms with Crippen molar-refractivity contribution in [3.63, 3.8) is 0 Å². The number of benzene rings is 2. The third kappa shape index (κ3) is 6.08. The molecule has 2 aromatic rings. The zero-order valence-corrected chi connectivity index (χ0v) is 20.6. The lowest BCUT2D eigenvalue weighted by molar-refractivity contribution is -0.123. The monoisotopic (exact) mass is 487 g/mol. The summed E-state index contributed by atoms with van der Waals surface area (Å²) in [5.74, 6) is 2.03. The average molecular weight is 488 g/mol. The SMILES string of the molecule is COc1ccc(C(NC(=O)CN2CCN(C3CCS(=O)(=O)C3)CC2)c2ccc(OC)cc2)cc1. The van der Waals surface area contributed by atoms with Crippen molar-refractivity contribution in [3.05, 3.63) is 59.7 Å². The number of sulfone groups is 1. The Morgan fingerprint density at radius 1 is 0.941 bits per heavy atom. The molecule has 1 amide bonds. The van der Waals surface area contributed by atoms with Gasteiger partial charge in [0.2, 0.25) is 5.91 Å². The second-order valence-electron chi connectivity index (χ2n) is 8.92. The van der Waals surface area contributed by atoms with Gasteiger partial charge in [0.15, 0.2) is 9.84 Å². The fourth-order valence-corrected chi connectivity index (χ4v) is 6.47. The minimum absolute atomic E-state index is 0.0477. The highest BCUT2D eigenvalue weighted by Crippen LogP contribution is 2.26. The van der Waals surface area contributed by atoms with Gasteiger partial charge in [-0.3, -0.25) is 14.6 Å². The highest BCUT2D eigenvalue weighted by Gasteiger charge is 2.34. The summed E-state index contributed by atoms with van der Waals surface area (Å²) < 4.78 is 34.1. The lowest BCUT2D eigenvalue weighted by Crippen LogP contribution is -2.52. The number of carbonyl (C=O) groups is 1. The van der Waals surface area contributed by atoms with E-state index < -0.39 is 9.84 Å². The third-order valence-corrected chi connectivity index (χ3v) is 8.45. The predicted octanol–water partition coefficient (Wildman–Crippen LogP) is 1.71. The van der Waals surface area contributed by atoms with Gasteiger partial charge in [-0.2, -0.15) is 0 Å². The molecule has 34 heavy (non-hydrogen) atoms. The van der Waals surface area contributed by atoms with Crippen molar-refractivity contribution >= 4 is 15.7 Å². The van der Waals surface area contributed by atoms with Crippen LogP contribution in [-0.2, 0) is 14.6 Å². The second kappa shape index (κ2) is 10.8. The van der Waals surface area contributed by atoms with E-state index in [1.54, 1.807) is 14.2 Å². The van der Waals surface area contributed by atoms with Gasteiger partial charge in [0.25, 0.3) is 0 Å². The van der Waals surface area contributed by atoms with E-state index in [-0.39, 0.29) is 23.7 Å². The molecule has 2 fully saturated rings. The Morgan fingerprint density at radius 3 is 1.91 bits per heavy atom. The van der Waals surface area contributed by atoms with Crippen LogP contribution in [0.25, 0.3) is 0 Å². The van der Waals surface area contributed by atoms with Crippen molar-refractivity contribution in [2.45, 2.75) is 18.5 Å². The molecular formula is C25H33N3O5S. The smallest absolute Gasteiger partial charge is 0.234 e. The van der Waals surface area contributed by atoms with Gasteiger partial charge in [-0.25, -0.2) is 8.42 Å². The van der Waals surface area contributed by atoms with Gasteiger partial charge in [-0.15, -0.1) is 0 Å². The highest BCUT2D eigenvalue weighted by molar-refractivity contribution is 7.91. The standard InChI is InChI=1S/C25H33N3O5S/c1-32-22-7-3-19(4-8-22)25(20-5-9-23(33-2)10-6-20)26-24(29)17-27-12-14-28(15-13-27)21-11-16-34(30,31)18-21/h3-10,21,25H,11-18H2,1-2H3,(H,26,29). The number of nitrogens with one attached hydrogen (secondary N) is 1. The Balaban J connectivity index is 1.38. The molecule has 184 valence electrons. The Labute approximate surface area is 201 Å². The molecule has 2 aliphatic heterocycles. The molecular weight excluding hydrogens is 454 g/mol. The summed E-state index contributed by atoms with van der Waals surface area (Å²) in [4.78, 5) is 17.4. The van der Waals surface area contributed by atoms with Crippen LogP contribution in [-0.4, -0.2) is 88.6 Å². The largest absolute Gasteiger partial charge is 0.497 e. The fraction of sp³-hybridized carbons (Fsp3) is 0.480. The molecule has 0 radical (unpaired) electrons. The van der Waals surface area contributed by atoms with Crippen molar-refractivity contribution in [2.75, 3.05) is 58.4 Å². The second-order valence-corrected chi connectivity index (χ2v) is 11.1. The summed E-state index contributed by atoms with van der Waals surface area (Å²) >= 11 is 0. The van der Waals surface area contributed by atoms with E-state index in [1.807, 2.05) is 48.5 Å². The lowest BCUT2D eigenvalue weighted by Gasteiger charge is -2.37. The Kier molecular flexibility index (Phi) is 7.75. The first-order valence-electron chi connectivity index (χ1n) is 11.6. The summed E-state index contributed by atoms with van der Waals surface area (Å²) in [5, 5.41) is 3.19. The van der Waals surface area contributed by atoms with Crippen molar-refractivity contribution in [2.24, 2.45) is 0 Å². The molecule has 2 aromatic carbocycles. The van der Waals surface area contributed by atoms with Crippen molar-refractivity contribution in [1.29, 1.82) is 0 Å². The molecule has 2 heterocycles. The zero-order valence-electron chi connectivity index (χ0n) is 19.8. The number of nitrogens with zero attached hydrogens (tertiary/aromatic N) is 2. The van der Waals surface area contributed by atoms with Crippen LogP contribution in [0, 0.1) is 0 Å². The molecule has 1 N–H and O–H groups in total. The molecule has 0 spiro atoms. The minimum atomic E-state index is -2.89. The first kappa shape index (κ1) is 24.5. The fourth-order valence-electron chi connectivity index (χ4n) is 4.71. The number of ether oxygens (including phenoxy) is 2. The normalized spacial score (nSPS) is 20.9. The van der Waals surface area contributed by atoms with E-state index >= 15 is 0 Å². The number of hydrogen-bond acceptors (Lipinski definition) is 7. The van der Waals surface area contributed by atoms with Crippen LogP contribution in [0.15, 0.2) is 48.5 Å². The molecule has 0 bridgehead atoms. The van der Waals surface area contributed by atoms with Crippen LogP contribution in [0.3, 0.4) is 0 Å². The van der Waals surface area contributed by atoms with Crippen LogP contribution >= 0.6 is 0 Å². The number of hydrogen-bond donors (Lipinski definition) is 1. The molecule has 2 saturated heterocycles. The number of methoxy groups -OCH3 is 2. The van der Waals surface area contributed by atoms with Gasteiger partial charge in [0.1, 0.15) is 11.5 Å². The van der Waals surface area contributed by atoms with Crippen LogP contribution in [0.2, 0.25) is 0 Å². The van der Waals surface area contributed by atoms with Gasteiger partial charge in [-0.05, 0) is 41.8 Å². The predicted molar refractivity (Wildman–Crippen MR) is 131 cm³/mol. The van der Waals surface area contributed by atoms with E-state index in [1.165, 1.54) is 0 Å². The average Bonchev–Trinajstić information content (AvgIpc) is 3.23. The van der Waals surface area contributed by atoms with E-state index in [0.29, 0.717) is 18.7 Å². The maximum atomic E-state index is 13.0. The first-order valence-corrected chi connectivity index (χ1v) is 13.4. The molecule has 8 nitrogen and oxygen atoms in total. The first-order chi connectivity index (χ1) is 16.4. The van der Waals surface area contributed by atoms with Gasteiger partial charge in [0.05, 0.1) is 38.3 Å². The number of rotatable bonds is 8. The quantitative estimate of drug-likeness (QED) is 0.607. The maximum Gasteiger partial charge on any atom is 0.234 e. The summed E-state index contributed by atoms with van der Waals surface area (Å²) in [6.45, 7) is 3.38. The van der Waals surface area contributed by atoms with E-state index in [0.717, 1.165) is 48.8 Å². The number of carbonyl (C=O) groups excluding carboxylic acids is 1. The van der Waals surface area contributed by atoms with E-state index in [9.17, 15) is 13.2 Å². The van der Waals surface area contributed by atoms with E-state index in [4.69, 9.17) is 9.47 Å². The highest BCUT2D eigenvalue weighted by atomic mass is 32.2. The van der Waals surface area contributed by atoms with Gasteiger partial charge in [0, 0.05) is 32.2 Å².